The first-order chi connectivity index (χ1) is 9.47. The summed E-state index contributed by atoms with van der Waals surface area (Å²) in [5, 5.41) is 16.3. The Hall–Kier alpha value is -1.36. The van der Waals surface area contributed by atoms with Gasteiger partial charge in [-0.15, -0.1) is 0 Å². The van der Waals surface area contributed by atoms with Gasteiger partial charge in [-0.3, -0.25) is 9.48 Å². The third-order valence-electron chi connectivity index (χ3n) is 3.33. The monoisotopic (exact) mass is 281 g/mol. The van der Waals surface area contributed by atoms with Crippen LogP contribution in [-0.2, 0) is 6.54 Å². The van der Waals surface area contributed by atoms with E-state index >= 15 is 0 Å². The molecule has 0 aliphatic rings. The minimum absolute atomic E-state index is 0.0841. The summed E-state index contributed by atoms with van der Waals surface area (Å²) in [5.74, 6) is 0.800. The van der Waals surface area contributed by atoms with Crippen molar-refractivity contribution in [2.45, 2.75) is 47.1 Å². The van der Waals surface area contributed by atoms with Gasteiger partial charge >= 0.3 is 0 Å². The summed E-state index contributed by atoms with van der Waals surface area (Å²) in [7, 11) is 0. The van der Waals surface area contributed by atoms with Gasteiger partial charge in [0.15, 0.2) is 0 Å². The fraction of sp³-hybridized carbons (Fsp3) is 0.733. The number of carbonyl (C=O) groups is 1. The van der Waals surface area contributed by atoms with E-state index < -0.39 is 0 Å². The van der Waals surface area contributed by atoms with Gasteiger partial charge in [-0.25, -0.2) is 0 Å². The van der Waals surface area contributed by atoms with E-state index in [1.807, 2.05) is 19.9 Å². The maximum absolute atomic E-state index is 12.2. The Kier molecular flexibility index (Phi) is 6.71. The quantitative estimate of drug-likeness (QED) is 0.765. The second kappa shape index (κ2) is 8.04. The smallest absolute Gasteiger partial charge is 0.269 e. The summed E-state index contributed by atoms with van der Waals surface area (Å²) in [5.41, 5.74) is 1.46. The number of aryl methyl sites for hydroxylation is 2. The predicted octanol–water partition coefficient (Wildman–Crippen LogP) is 1.99. The van der Waals surface area contributed by atoms with Crippen molar-refractivity contribution in [2.75, 3.05) is 13.2 Å². The number of aliphatic hydroxyl groups is 1. The number of rotatable bonds is 8. The van der Waals surface area contributed by atoms with Crippen molar-refractivity contribution >= 4 is 5.91 Å². The lowest BCUT2D eigenvalue weighted by molar-refractivity contribution is 0.0930. The van der Waals surface area contributed by atoms with Gasteiger partial charge in [-0.1, -0.05) is 13.8 Å². The van der Waals surface area contributed by atoms with Crippen LogP contribution in [0.15, 0.2) is 6.07 Å². The molecule has 1 amide bonds. The van der Waals surface area contributed by atoms with Crippen molar-refractivity contribution < 1.29 is 9.90 Å². The van der Waals surface area contributed by atoms with E-state index in [1.54, 1.807) is 4.68 Å². The molecule has 5 heteroatoms. The second-order valence-electron chi connectivity index (χ2n) is 5.70. The SMILES string of the molecule is CCn1nc(C)cc1C(=O)NCC(CCO)CC(C)C. The molecule has 0 saturated carbocycles. The average molecular weight is 281 g/mol. The summed E-state index contributed by atoms with van der Waals surface area (Å²) in [6.07, 6.45) is 1.73. The van der Waals surface area contributed by atoms with Gasteiger partial charge in [0.1, 0.15) is 5.69 Å². The third-order valence-corrected chi connectivity index (χ3v) is 3.33. The summed E-state index contributed by atoms with van der Waals surface area (Å²) < 4.78 is 1.72. The molecular weight excluding hydrogens is 254 g/mol. The minimum Gasteiger partial charge on any atom is -0.396 e. The first-order valence-corrected chi connectivity index (χ1v) is 7.41. The van der Waals surface area contributed by atoms with Crippen molar-refractivity contribution in [1.82, 2.24) is 15.1 Å². The van der Waals surface area contributed by atoms with Crippen LogP contribution in [0.1, 0.15) is 49.8 Å². The number of aliphatic hydroxyl groups excluding tert-OH is 1. The van der Waals surface area contributed by atoms with Gasteiger partial charge in [-0.05, 0) is 44.6 Å². The molecule has 1 unspecified atom stereocenters. The molecule has 1 heterocycles. The summed E-state index contributed by atoms with van der Waals surface area (Å²) in [4.78, 5) is 12.2. The van der Waals surface area contributed by atoms with Crippen LogP contribution in [0.3, 0.4) is 0 Å². The van der Waals surface area contributed by atoms with Crippen LogP contribution in [0, 0.1) is 18.8 Å². The van der Waals surface area contributed by atoms with Crippen molar-refractivity contribution in [1.29, 1.82) is 0 Å². The third kappa shape index (κ3) is 4.96. The van der Waals surface area contributed by atoms with Crippen LogP contribution in [0.25, 0.3) is 0 Å². The van der Waals surface area contributed by atoms with Crippen LogP contribution < -0.4 is 5.32 Å². The van der Waals surface area contributed by atoms with E-state index in [4.69, 9.17) is 5.11 Å². The molecular formula is C15H27N3O2. The lowest BCUT2D eigenvalue weighted by Crippen LogP contribution is -2.32. The lowest BCUT2D eigenvalue weighted by Gasteiger charge is -2.18. The number of carbonyl (C=O) groups excluding carboxylic acids is 1. The van der Waals surface area contributed by atoms with E-state index in [2.05, 4.69) is 24.3 Å². The van der Waals surface area contributed by atoms with Gasteiger partial charge in [0.25, 0.3) is 5.91 Å². The molecule has 0 aliphatic carbocycles. The van der Waals surface area contributed by atoms with Gasteiger partial charge < -0.3 is 10.4 Å². The summed E-state index contributed by atoms with van der Waals surface area (Å²) >= 11 is 0. The van der Waals surface area contributed by atoms with E-state index in [0.29, 0.717) is 30.6 Å². The van der Waals surface area contributed by atoms with Crippen molar-refractivity contribution in [3.63, 3.8) is 0 Å². The molecule has 0 saturated heterocycles. The molecule has 1 aromatic rings. The molecule has 2 N–H and O–H groups in total. The van der Waals surface area contributed by atoms with Crippen LogP contribution >= 0.6 is 0 Å². The molecule has 0 aliphatic heterocycles. The Morgan fingerprint density at radius 2 is 2.20 bits per heavy atom. The Morgan fingerprint density at radius 1 is 1.50 bits per heavy atom. The first kappa shape index (κ1) is 16.7. The molecule has 1 atom stereocenters. The summed E-state index contributed by atoms with van der Waals surface area (Å²) in [6, 6.07) is 1.81. The average Bonchev–Trinajstić information content (AvgIpc) is 2.76. The zero-order chi connectivity index (χ0) is 15.1. The molecule has 0 aromatic carbocycles. The Morgan fingerprint density at radius 3 is 2.75 bits per heavy atom. The van der Waals surface area contributed by atoms with E-state index in [-0.39, 0.29) is 12.5 Å². The Bertz CT molecular complexity index is 427. The lowest BCUT2D eigenvalue weighted by atomic mass is 9.94. The molecule has 1 rings (SSSR count). The largest absolute Gasteiger partial charge is 0.396 e. The molecule has 0 fully saturated rings. The van der Waals surface area contributed by atoms with Crippen LogP contribution in [0.4, 0.5) is 0 Å². The minimum atomic E-state index is -0.0841. The fourth-order valence-electron chi connectivity index (χ4n) is 2.45. The number of aromatic nitrogens is 2. The molecule has 0 spiro atoms. The highest BCUT2D eigenvalue weighted by Gasteiger charge is 2.16. The van der Waals surface area contributed by atoms with Crippen molar-refractivity contribution in [2.24, 2.45) is 11.8 Å². The first-order valence-electron chi connectivity index (χ1n) is 7.41. The van der Waals surface area contributed by atoms with Crippen molar-refractivity contribution in [3.05, 3.63) is 17.5 Å². The maximum Gasteiger partial charge on any atom is 0.269 e. The zero-order valence-corrected chi connectivity index (χ0v) is 13.0. The van der Waals surface area contributed by atoms with Crippen LogP contribution in [0.5, 0.6) is 0 Å². The normalized spacial score (nSPS) is 12.7. The summed E-state index contributed by atoms with van der Waals surface area (Å²) in [6.45, 7) is 9.61. The molecule has 20 heavy (non-hydrogen) atoms. The maximum atomic E-state index is 12.2. The molecule has 1 aromatic heterocycles. The highest BCUT2D eigenvalue weighted by Crippen LogP contribution is 2.14. The highest BCUT2D eigenvalue weighted by molar-refractivity contribution is 5.92. The fourth-order valence-corrected chi connectivity index (χ4v) is 2.45. The number of hydrogen-bond acceptors (Lipinski definition) is 3. The van der Waals surface area contributed by atoms with Crippen molar-refractivity contribution in [3.8, 4) is 0 Å². The standard InChI is InChI=1S/C15H27N3O2/c1-5-18-14(9-12(4)17-18)15(20)16-10-13(6-7-19)8-11(2)3/h9,11,13,19H,5-8,10H2,1-4H3,(H,16,20). The number of nitrogens with one attached hydrogen (secondary N) is 1. The van der Waals surface area contributed by atoms with Gasteiger partial charge in [-0.2, -0.15) is 5.10 Å². The predicted molar refractivity (Wildman–Crippen MR) is 79.6 cm³/mol. The molecule has 5 nitrogen and oxygen atoms in total. The number of amides is 1. The number of hydrogen-bond donors (Lipinski definition) is 2. The van der Waals surface area contributed by atoms with Gasteiger partial charge in [0, 0.05) is 19.7 Å². The van der Waals surface area contributed by atoms with Gasteiger partial charge in [0.05, 0.1) is 5.69 Å². The van der Waals surface area contributed by atoms with E-state index in [1.165, 1.54) is 0 Å². The molecule has 114 valence electrons. The Balaban J connectivity index is 2.60. The van der Waals surface area contributed by atoms with Crippen LogP contribution in [0.2, 0.25) is 0 Å². The van der Waals surface area contributed by atoms with E-state index in [9.17, 15) is 4.79 Å². The number of nitrogens with zero attached hydrogens (tertiary/aromatic N) is 2. The topological polar surface area (TPSA) is 67.2 Å². The molecule has 0 bridgehead atoms. The van der Waals surface area contributed by atoms with Crippen LogP contribution in [-0.4, -0.2) is 33.9 Å². The molecule has 0 radical (unpaired) electrons. The van der Waals surface area contributed by atoms with E-state index in [0.717, 1.165) is 18.5 Å². The Labute approximate surface area is 121 Å². The zero-order valence-electron chi connectivity index (χ0n) is 13.0. The highest BCUT2D eigenvalue weighted by atomic mass is 16.3. The second-order valence-corrected chi connectivity index (χ2v) is 5.70. The van der Waals surface area contributed by atoms with Gasteiger partial charge in [0.2, 0.25) is 0 Å².